The number of carbonyl (C=O) groups excluding carboxylic acids is 3. The summed E-state index contributed by atoms with van der Waals surface area (Å²) in [6.07, 6.45) is 0. The lowest BCUT2D eigenvalue weighted by atomic mass is 10.2. The lowest BCUT2D eigenvalue weighted by Gasteiger charge is -2.16. The summed E-state index contributed by atoms with van der Waals surface area (Å²) in [5, 5.41) is 0. The summed E-state index contributed by atoms with van der Waals surface area (Å²) in [6.45, 7) is 0.580. The standard InChI is InChI=1S/C19H21N3O6S/c1-14-8-10-16(11-9-14)29(26,27)22(2)12-18(24)28-13-17(23)20-21-19(25)15-6-4-3-5-7-15/h3-11H,12-13H2,1-2H3,(H,20,23)(H,21,25). The zero-order valence-electron chi connectivity index (χ0n) is 15.9. The molecule has 0 aliphatic carbocycles. The molecule has 2 aromatic rings. The van der Waals surface area contributed by atoms with E-state index in [1.54, 1.807) is 42.5 Å². The number of sulfonamides is 1. The average Bonchev–Trinajstić information content (AvgIpc) is 2.71. The number of amides is 2. The van der Waals surface area contributed by atoms with Crippen LogP contribution in [0.15, 0.2) is 59.5 Å². The molecule has 2 N–H and O–H groups in total. The number of hydrogen-bond acceptors (Lipinski definition) is 6. The molecule has 2 amide bonds. The number of benzene rings is 2. The molecule has 2 rings (SSSR count). The minimum Gasteiger partial charge on any atom is -0.455 e. The molecule has 0 aliphatic rings. The van der Waals surface area contributed by atoms with Crippen LogP contribution in [0.4, 0.5) is 0 Å². The van der Waals surface area contributed by atoms with Crippen LogP contribution >= 0.6 is 0 Å². The largest absolute Gasteiger partial charge is 0.455 e. The smallest absolute Gasteiger partial charge is 0.321 e. The van der Waals surface area contributed by atoms with Crippen LogP contribution in [0.25, 0.3) is 0 Å². The highest BCUT2D eigenvalue weighted by Crippen LogP contribution is 2.14. The average molecular weight is 419 g/mol. The number of carbonyl (C=O) groups is 3. The van der Waals surface area contributed by atoms with Crippen LogP contribution in [-0.2, 0) is 24.3 Å². The summed E-state index contributed by atoms with van der Waals surface area (Å²) in [5.41, 5.74) is 5.52. The van der Waals surface area contributed by atoms with E-state index in [-0.39, 0.29) is 4.90 Å². The Morgan fingerprint density at radius 2 is 1.59 bits per heavy atom. The summed E-state index contributed by atoms with van der Waals surface area (Å²) in [4.78, 5) is 35.4. The number of esters is 1. The Morgan fingerprint density at radius 1 is 0.966 bits per heavy atom. The number of hydrogen-bond donors (Lipinski definition) is 2. The molecule has 9 nitrogen and oxygen atoms in total. The Morgan fingerprint density at radius 3 is 2.21 bits per heavy atom. The van der Waals surface area contributed by atoms with Crippen LogP contribution in [0.2, 0.25) is 0 Å². The lowest BCUT2D eigenvalue weighted by molar-refractivity contribution is -0.148. The molecule has 2 aromatic carbocycles. The summed E-state index contributed by atoms with van der Waals surface area (Å²) in [6, 6.07) is 14.4. The number of rotatable bonds is 7. The third kappa shape index (κ3) is 6.40. The summed E-state index contributed by atoms with van der Waals surface area (Å²) < 4.78 is 30.4. The van der Waals surface area contributed by atoms with Crippen molar-refractivity contribution in [3.8, 4) is 0 Å². The van der Waals surface area contributed by atoms with E-state index in [0.717, 1.165) is 9.87 Å². The van der Waals surface area contributed by atoms with Crippen molar-refractivity contribution in [3.05, 3.63) is 65.7 Å². The van der Waals surface area contributed by atoms with Crippen molar-refractivity contribution in [2.45, 2.75) is 11.8 Å². The zero-order valence-corrected chi connectivity index (χ0v) is 16.7. The fourth-order valence-electron chi connectivity index (χ4n) is 2.17. The first-order valence-corrected chi connectivity index (χ1v) is 9.97. The van der Waals surface area contributed by atoms with Gasteiger partial charge in [-0.05, 0) is 31.2 Å². The molecule has 0 bridgehead atoms. The van der Waals surface area contributed by atoms with Crippen molar-refractivity contribution in [1.82, 2.24) is 15.2 Å². The Kier molecular flexibility index (Phi) is 7.46. The van der Waals surface area contributed by atoms with Crippen LogP contribution < -0.4 is 10.9 Å². The minimum absolute atomic E-state index is 0.0415. The summed E-state index contributed by atoms with van der Waals surface area (Å²) in [7, 11) is -2.63. The van der Waals surface area contributed by atoms with Gasteiger partial charge in [0.15, 0.2) is 6.61 Å². The van der Waals surface area contributed by atoms with E-state index < -0.39 is 41.0 Å². The Hall–Kier alpha value is -3.24. The van der Waals surface area contributed by atoms with Crippen LogP contribution in [-0.4, -0.2) is 50.7 Å². The van der Waals surface area contributed by atoms with Gasteiger partial charge in [0.25, 0.3) is 11.8 Å². The molecule has 0 heterocycles. The Balaban J connectivity index is 1.79. The van der Waals surface area contributed by atoms with Gasteiger partial charge in [0.05, 0.1) is 4.90 Å². The fourth-order valence-corrected chi connectivity index (χ4v) is 3.29. The molecule has 0 radical (unpaired) electrons. The maximum Gasteiger partial charge on any atom is 0.321 e. The molecular weight excluding hydrogens is 398 g/mol. The zero-order chi connectivity index (χ0) is 21.4. The molecule has 0 spiro atoms. The van der Waals surface area contributed by atoms with E-state index in [4.69, 9.17) is 4.74 Å². The van der Waals surface area contributed by atoms with Crippen molar-refractivity contribution >= 4 is 27.8 Å². The van der Waals surface area contributed by atoms with E-state index in [9.17, 15) is 22.8 Å². The van der Waals surface area contributed by atoms with Gasteiger partial charge in [-0.15, -0.1) is 0 Å². The third-order valence-corrected chi connectivity index (χ3v) is 5.61. The van der Waals surface area contributed by atoms with Crippen LogP contribution in [0.1, 0.15) is 15.9 Å². The maximum absolute atomic E-state index is 12.4. The van der Waals surface area contributed by atoms with Gasteiger partial charge in [0, 0.05) is 12.6 Å². The third-order valence-electron chi connectivity index (χ3n) is 3.80. The second kappa shape index (κ2) is 9.80. The van der Waals surface area contributed by atoms with Crippen molar-refractivity contribution in [2.24, 2.45) is 0 Å². The summed E-state index contributed by atoms with van der Waals surface area (Å²) in [5.74, 6) is -2.21. The molecule has 0 aliphatic heterocycles. The molecule has 0 aromatic heterocycles. The van der Waals surface area contributed by atoms with Gasteiger partial charge in [0.1, 0.15) is 6.54 Å². The summed E-state index contributed by atoms with van der Waals surface area (Å²) >= 11 is 0. The van der Waals surface area contributed by atoms with Crippen molar-refractivity contribution in [1.29, 1.82) is 0 Å². The Labute approximate surface area is 168 Å². The lowest BCUT2D eigenvalue weighted by Crippen LogP contribution is -2.44. The minimum atomic E-state index is -3.87. The topological polar surface area (TPSA) is 122 Å². The normalized spacial score (nSPS) is 11.0. The first kappa shape index (κ1) is 22.1. The predicted molar refractivity (Wildman–Crippen MR) is 104 cm³/mol. The van der Waals surface area contributed by atoms with Gasteiger partial charge in [0.2, 0.25) is 10.0 Å². The number of nitrogens with zero attached hydrogens (tertiary/aromatic N) is 1. The van der Waals surface area contributed by atoms with Crippen molar-refractivity contribution < 1.29 is 27.5 Å². The number of aryl methyl sites for hydroxylation is 1. The first-order chi connectivity index (χ1) is 13.7. The fraction of sp³-hybridized carbons (Fsp3) is 0.211. The SMILES string of the molecule is Cc1ccc(S(=O)(=O)N(C)CC(=O)OCC(=O)NNC(=O)c2ccccc2)cc1. The van der Waals surface area contributed by atoms with Gasteiger partial charge >= 0.3 is 5.97 Å². The predicted octanol–water partition coefficient (Wildman–Crippen LogP) is 0.620. The van der Waals surface area contributed by atoms with Crippen molar-refractivity contribution in [3.63, 3.8) is 0 Å². The molecule has 154 valence electrons. The van der Waals surface area contributed by atoms with E-state index in [2.05, 4.69) is 10.9 Å². The molecule has 0 saturated heterocycles. The molecule has 0 unspecified atom stereocenters. The molecule has 29 heavy (non-hydrogen) atoms. The first-order valence-electron chi connectivity index (χ1n) is 8.53. The van der Waals surface area contributed by atoms with Gasteiger partial charge in [-0.1, -0.05) is 35.9 Å². The molecule has 0 saturated carbocycles. The quantitative estimate of drug-likeness (QED) is 0.501. The van der Waals surface area contributed by atoms with E-state index in [0.29, 0.717) is 5.56 Å². The van der Waals surface area contributed by atoms with Crippen molar-refractivity contribution in [2.75, 3.05) is 20.2 Å². The maximum atomic E-state index is 12.4. The molecule has 0 fully saturated rings. The second-order valence-corrected chi connectivity index (χ2v) is 8.15. The highest BCUT2D eigenvalue weighted by Gasteiger charge is 2.23. The van der Waals surface area contributed by atoms with E-state index in [1.165, 1.54) is 19.2 Å². The van der Waals surface area contributed by atoms with Gasteiger partial charge in [-0.3, -0.25) is 25.2 Å². The van der Waals surface area contributed by atoms with E-state index >= 15 is 0 Å². The van der Waals surface area contributed by atoms with Gasteiger partial charge in [-0.25, -0.2) is 8.42 Å². The molecule has 10 heteroatoms. The second-order valence-electron chi connectivity index (χ2n) is 6.10. The molecule has 0 atom stereocenters. The van der Waals surface area contributed by atoms with Crippen LogP contribution in [0.5, 0.6) is 0 Å². The van der Waals surface area contributed by atoms with Crippen LogP contribution in [0.3, 0.4) is 0 Å². The highest BCUT2D eigenvalue weighted by atomic mass is 32.2. The molecular formula is C19H21N3O6S. The highest BCUT2D eigenvalue weighted by molar-refractivity contribution is 7.89. The number of hydrazine groups is 1. The number of nitrogens with one attached hydrogen (secondary N) is 2. The Bertz CT molecular complexity index is 975. The van der Waals surface area contributed by atoms with Gasteiger partial charge in [-0.2, -0.15) is 4.31 Å². The van der Waals surface area contributed by atoms with E-state index in [1.807, 2.05) is 6.92 Å². The monoisotopic (exact) mass is 419 g/mol. The van der Waals surface area contributed by atoms with Crippen LogP contribution in [0, 0.1) is 6.92 Å². The number of ether oxygens (including phenoxy) is 1. The number of likely N-dealkylation sites (N-methyl/N-ethyl adjacent to an activating group) is 1. The van der Waals surface area contributed by atoms with Gasteiger partial charge < -0.3 is 4.74 Å².